The first kappa shape index (κ1) is 11.8. The molecule has 0 aliphatic carbocycles. The number of nitrogens with zero attached hydrogens (tertiary/aromatic N) is 1. The number of para-hydroxylation sites is 1. The molecule has 0 fully saturated rings. The van der Waals surface area contributed by atoms with E-state index in [-0.39, 0.29) is 5.78 Å². The number of ketones is 1. The summed E-state index contributed by atoms with van der Waals surface area (Å²) in [5, 5.41) is 0. The van der Waals surface area contributed by atoms with Crippen LogP contribution >= 0.6 is 0 Å². The Labute approximate surface area is 91.9 Å². The highest BCUT2D eigenvalue weighted by molar-refractivity contribution is 5.99. The Morgan fingerprint density at radius 2 is 1.93 bits per heavy atom. The number of rotatable bonds is 4. The van der Waals surface area contributed by atoms with Gasteiger partial charge in [-0.1, -0.05) is 26.0 Å². The van der Waals surface area contributed by atoms with Gasteiger partial charge in [-0.2, -0.15) is 0 Å². The van der Waals surface area contributed by atoms with Crippen molar-refractivity contribution in [3.63, 3.8) is 0 Å². The fourth-order valence-electron chi connectivity index (χ4n) is 1.75. The number of carbonyl (C=O) groups is 1. The van der Waals surface area contributed by atoms with Crippen LogP contribution in [0.25, 0.3) is 0 Å². The summed E-state index contributed by atoms with van der Waals surface area (Å²) in [7, 11) is 2.03. The van der Waals surface area contributed by atoms with Gasteiger partial charge >= 0.3 is 0 Å². The number of hydrogen-bond donors (Lipinski definition) is 0. The Hall–Kier alpha value is -1.31. The van der Waals surface area contributed by atoms with Gasteiger partial charge in [0.05, 0.1) is 0 Å². The molecule has 0 N–H and O–H groups in total. The van der Waals surface area contributed by atoms with Crippen LogP contribution in [0.15, 0.2) is 24.3 Å². The molecule has 0 saturated heterocycles. The molecule has 1 aromatic carbocycles. The number of carbonyl (C=O) groups excluding carboxylic acids is 1. The summed E-state index contributed by atoms with van der Waals surface area (Å²) in [5.74, 6) is 0.719. The molecule has 2 nitrogen and oxygen atoms in total. The van der Waals surface area contributed by atoms with Gasteiger partial charge in [-0.05, 0) is 25.0 Å². The smallest absolute Gasteiger partial charge is 0.161 e. The number of benzene rings is 1. The monoisotopic (exact) mass is 205 g/mol. The molecule has 0 aliphatic heterocycles. The van der Waals surface area contributed by atoms with Gasteiger partial charge in [-0.15, -0.1) is 0 Å². The van der Waals surface area contributed by atoms with Crippen molar-refractivity contribution in [2.75, 3.05) is 18.5 Å². The van der Waals surface area contributed by atoms with Gasteiger partial charge in [0.2, 0.25) is 0 Å². The summed E-state index contributed by atoms with van der Waals surface area (Å²) in [6, 6.07) is 7.76. The van der Waals surface area contributed by atoms with Crippen molar-refractivity contribution in [2.24, 2.45) is 5.92 Å². The first-order valence-corrected chi connectivity index (χ1v) is 5.33. The lowest BCUT2D eigenvalue weighted by molar-refractivity contribution is 0.101. The maximum absolute atomic E-state index is 11.4. The second-order valence-corrected chi connectivity index (χ2v) is 4.35. The molecule has 82 valence electrons. The Kier molecular flexibility index (Phi) is 3.89. The van der Waals surface area contributed by atoms with Crippen molar-refractivity contribution in [1.82, 2.24) is 0 Å². The van der Waals surface area contributed by atoms with Crippen LogP contribution in [0.2, 0.25) is 0 Å². The van der Waals surface area contributed by atoms with E-state index in [0.717, 1.165) is 17.8 Å². The molecule has 0 heterocycles. The Morgan fingerprint density at radius 1 is 1.33 bits per heavy atom. The highest BCUT2D eigenvalue weighted by Gasteiger charge is 2.10. The summed E-state index contributed by atoms with van der Waals surface area (Å²) < 4.78 is 0. The van der Waals surface area contributed by atoms with E-state index in [1.807, 2.05) is 31.3 Å². The van der Waals surface area contributed by atoms with E-state index in [2.05, 4.69) is 18.7 Å². The van der Waals surface area contributed by atoms with Crippen molar-refractivity contribution in [1.29, 1.82) is 0 Å². The van der Waals surface area contributed by atoms with E-state index < -0.39 is 0 Å². The molecule has 1 aromatic rings. The quantitative estimate of drug-likeness (QED) is 0.704. The van der Waals surface area contributed by atoms with E-state index in [1.54, 1.807) is 6.92 Å². The average molecular weight is 205 g/mol. The summed E-state index contributed by atoms with van der Waals surface area (Å²) in [4.78, 5) is 13.6. The van der Waals surface area contributed by atoms with Crippen LogP contribution in [-0.4, -0.2) is 19.4 Å². The van der Waals surface area contributed by atoms with Crippen molar-refractivity contribution in [2.45, 2.75) is 20.8 Å². The molecule has 0 atom stereocenters. The third kappa shape index (κ3) is 3.08. The van der Waals surface area contributed by atoms with Gasteiger partial charge in [0.25, 0.3) is 0 Å². The van der Waals surface area contributed by atoms with Crippen molar-refractivity contribution in [3.05, 3.63) is 29.8 Å². The number of anilines is 1. The van der Waals surface area contributed by atoms with Crippen LogP contribution in [0.3, 0.4) is 0 Å². The zero-order chi connectivity index (χ0) is 11.4. The van der Waals surface area contributed by atoms with E-state index in [4.69, 9.17) is 0 Å². The fourth-order valence-corrected chi connectivity index (χ4v) is 1.75. The molecular formula is C13H19NO. The van der Waals surface area contributed by atoms with E-state index in [9.17, 15) is 4.79 Å². The molecule has 1 rings (SSSR count). The van der Waals surface area contributed by atoms with Crippen LogP contribution in [0.5, 0.6) is 0 Å². The van der Waals surface area contributed by atoms with Crippen molar-refractivity contribution < 1.29 is 4.79 Å². The molecule has 0 unspecified atom stereocenters. The summed E-state index contributed by atoms with van der Waals surface area (Å²) in [5.41, 5.74) is 1.83. The number of hydrogen-bond acceptors (Lipinski definition) is 2. The summed E-state index contributed by atoms with van der Waals surface area (Å²) in [6.45, 7) is 6.92. The van der Waals surface area contributed by atoms with Gasteiger partial charge in [0.15, 0.2) is 5.78 Å². The van der Waals surface area contributed by atoms with Crippen LogP contribution in [0, 0.1) is 5.92 Å². The highest BCUT2D eigenvalue weighted by atomic mass is 16.1. The van der Waals surface area contributed by atoms with E-state index in [1.165, 1.54) is 0 Å². The normalized spacial score (nSPS) is 10.5. The molecule has 15 heavy (non-hydrogen) atoms. The van der Waals surface area contributed by atoms with Gasteiger partial charge in [-0.3, -0.25) is 4.79 Å². The van der Waals surface area contributed by atoms with Crippen LogP contribution < -0.4 is 4.90 Å². The van der Waals surface area contributed by atoms with Crippen LogP contribution in [0.4, 0.5) is 5.69 Å². The molecule has 0 spiro atoms. The van der Waals surface area contributed by atoms with Gasteiger partial charge < -0.3 is 4.90 Å². The maximum Gasteiger partial charge on any atom is 0.161 e. The zero-order valence-electron chi connectivity index (χ0n) is 9.95. The van der Waals surface area contributed by atoms with Gasteiger partial charge in [-0.25, -0.2) is 0 Å². The minimum Gasteiger partial charge on any atom is -0.374 e. The summed E-state index contributed by atoms with van der Waals surface area (Å²) in [6.07, 6.45) is 0. The van der Waals surface area contributed by atoms with Crippen molar-refractivity contribution >= 4 is 11.5 Å². The SMILES string of the molecule is CC(=O)c1ccccc1N(C)CC(C)C. The lowest BCUT2D eigenvalue weighted by atomic mass is 10.1. The predicted molar refractivity (Wildman–Crippen MR) is 64.6 cm³/mol. The predicted octanol–water partition coefficient (Wildman–Crippen LogP) is 2.98. The van der Waals surface area contributed by atoms with E-state index >= 15 is 0 Å². The first-order valence-electron chi connectivity index (χ1n) is 5.33. The summed E-state index contributed by atoms with van der Waals surface area (Å²) >= 11 is 0. The highest BCUT2D eigenvalue weighted by Crippen LogP contribution is 2.20. The molecule has 0 aliphatic rings. The largest absolute Gasteiger partial charge is 0.374 e. The first-order chi connectivity index (χ1) is 7.02. The van der Waals surface area contributed by atoms with Gasteiger partial charge in [0, 0.05) is 24.8 Å². The third-order valence-corrected chi connectivity index (χ3v) is 2.33. The molecule has 2 heteroatoms. The Bertz CT molecular complexity index is 344. The lowest BCUT2D eigenvalue weighted by Crippen LogP contribution is -2.24. The Balaban J connectivity index is 2.97. The second-order valence-electron chi connectivity index (χ2n) is 4.35. The molecule has 0 bridgehead atoms. The second kappa shape index (κ2) is 4.96. The maximum atomic E-state index is 11.4. The van der Waals surface area contributed by atoms with Crippen LogP contribution in [0.1, 0.15) is 31.1 Å². The van der Waals surface area contributed by atoms with Gasteiger partial charge in [0.1, 0.15) is 0 Å². The third-order valence-electron chi connectivity index (χ3n) is 2.33. The molecule has 0 radical (unpaired) electrons. The molecule has 0 aromatic heterocycles. The zero-order valence-corrected chi connectivity index (χ0v) is 9.95. The lowest BCUT2D eigenvalue weighted by Gasteiger charge is -2.23. The van der Waals surface area contributed by atoms with Crippen molar-refractivity contribution in [3.8, 4) is 0 Å². The topological polar surface area (TPSA) is 20.3 Å². The average Bonchev–Trinajstić information content (AvgIpc) is 2.16. The van der Waals surface area contributed by atoms with Crippen LogP contribution in [-0.2, 0) is 0 Å². The van der Waals surface area contributed by atoms with E-state index in [0.29, 0.717) is 5.92 Å². The Morgan fingerprint density at radius 3 is 2.47 bits per heavy atom. The molecule has 0 amide bonds. The molecular weight excluding hydrogens is 186 g/mol. The molecule has 0 saturated carbocycles. The minimum absolute atomic E-state index is 0.126. The minimum atomic E-state index is 0.126. The number of Topliss-reactive ketones (excluding diaryl/α,β-unsaturated/α-hetero) is 1. The standard InChI is InChI=1S/C13H19NO/c1-10(2)9-14(4)13-8-6-5-7-12(13)11(3)15/h5-8,10H,9H2,1-4H3. The fraction of sp³-hybridized carbons (Fsp3) is 0.462.